The highest BCUT2D eigenvalue weighted by atomic mass is 32.2. The number of anilines is 1. The number of amides is 2. The number of benzene rings is 1. The summed E-state index contributed by atoms with van der Waals surface area (Å²) in [6, 6.07) is 6.59. The van der Waals surface area contributed by atoms with Gasteiger partial charge in [0.05, 0.1) is 10.5 Å². The number of nitrogens with zero attached hydrogens (tertiary/aromatic N) is 3. The highest BCUT2D eigenvalue weighted by Gasteiger charge is 2.32. The number of rotatable bonds is 12. The first-order valence-electron chi connectivity index (χ1n) is 15.3. The SMILES string of the molecule is CCCCN(CCCC)S(=O)(=O)c1ccc(C(=O)Nc2sc3c(c2C(=O)N2CCCCC2)CCN(C(C)C)C3)cc1. The fraction of sp³-hybridized carbons (Fsp3) is 0.613. The molecule has 0 atom stereocenters. The van der Waals surface area contributed by atoms with Crippen molar-refractivity contribution in [2.75, 3.05) is 38.0 Å². The van der Waals surface area contributed by atoms with Crippen molar-refractivity contribution >= 4 is 38.2 Å². The zero-order chi connectivity index (χ0) is 29.6. The number of sulfonamides is 1. The number of nitrogens with one attached hydrogen (secondary N) is 1. The number of carbonyl (C=O) groups excluding carboxylic acids is 2. The van der Waals surface area contributed by atoms with Crippen LogP contribution < -0.4 is 5.32 Å². The molecule has 0 aliphatic carbocycles. The average Bonchev–Trinajstić information content (AvgIpc) is 3.34. The standard InChI is InChI=1S/C31H46N4O4S2/c1-5-7-19-35(20-8-6-2)41(38,39)25-14-12-24(13-15-25)29(36)32-30-28(31(37)33-17-10-9-11-18-33)26-16-21-34(23(3)4)22-27(26)40-30/h12-15,23H,5-11,16-22H2,1-4H3,(H,32,36). The van der Waals surface area contributed by atoms with Crippen LogP contribution in [0.4, 0.5) is 5.00 Å². The van der Waals surface area contributed by atoms with Crippen molar-refractivity contribution in [1.82, 2.24) is 14.1 Å². The molecule has 1 saturated heterocycles. The van der Waals surface area contributed by atoms with Gasteiger partial charge >= 0.3 is 0 Å². The van der Waals surface area contributed by atoms with E-state index < -0.39 is 10.0 Å². The van der Waals surface area contributed by atoms with Gasteiger partial charge in [-0.25, -0.2) is 8.42 Å². The second-order valence-electron chi connectivity index (χ2n) is 11.5. The Morgan fingerprint density at radius 3 is 2.20 bits per heavy atom. The minimum Gasteiger partial charge on any atom is -0.339 e. The van der Waals surface area contributed by atoms with Crippen LogP contribution in [0.15, 0.2) is 29.2 Å². The Morgan fingerprint density at radius 1 is 0.976 bits per heavy atom. The Balaban J connectivity index is 1.57. The molecule has 2 aromatic rings. The third kappa shape index (κ3) is 7.39. The zero-order valence-electron chi connectivity index (χ0n) is 25.1. The Hall–Kier alpha value is -2.27. The van der Waals surface area contributed by atoms with E-state index in [-0.39, 0.29) is 16.7 Å². The molecule has 1 aromatic heterocycles. The monoisotopic (exact) mass is 602 g/mol. The quantitative estimate of drug-likeness (QED) is 0.323. The highest BCUT2D eigenvalue weighted by molar-refractivity contribution is 7.89. The first-order valence-corrected chi connectivity index (χ1v) is 17.5. The first-order chi connectivity index (χ1) is 19.7. The van der Waals surface area contributed by atoms with Gasteiger partial charge in [0, 0.05) is 55.8 Å². The van der Waals surface area contributed by atoms with Crippen LogP contribution in [0.1, 0.15) is 104 Å². The van der Waals surface area contributed by atoms with Crippen LogP contribution in [0.5, 0.6) is 0 Å². The van der Waals surface area contributed by atoms with E-state index in [4.69, 9.17) is 0 Å². The van der Waals surface area contributed by atoms with Gasteiger partial charge in [0.15, 0.2) is 0 Å². The number of unbranched alkanes of at least 4 members (excludes halogenated alkanes) is 2. The van der Waals surface area contributed by atoms with Gasteiger partial charge in [0.1, 0.15) is 5.00 Å². The molecule has 0 unspecified atom stereocenters. The maximum atomic E-state index is 13.8. The Morgan fingerprint density at radius 2 is 1.61 bits per heavy atom. The van der Waals surface area contributed by atoms with Crippen molar-refractivity contribution in [1.29, 1.82) is 0 Å². The Bertz CT molecular complexity index is 1290. The number of hydrogen-bond donors (Lipinski definition) is 1. The van der Waals surface area contributed by atoms with Crippen LogP contribution in [0.3, 0.4) is 0 Å². The molecular weight excluding hydrogens is 556 g/mol. The summed E-state index contributed by atoms with van der Waals surface area (Å²) in [4.78, 5) is 32.8. The largest absolute Gasteiger partial charge is 0.339 e. The van der Waals surface area contributed by atoms with Gasteiger partial charge < -0.3 is 10.2 Å². The molecule has 0 saturated carbocycles. The molecular formula is C31H46N4O4S2. The van der Waals surface area contributed by atoms with Crippen molar-refractivity contribution in [2.45, 2.75) is 96.5 Å². The molecule has 4 rings (SSSR count). The third-order valence-corrected chi connectivity index (χ3v) is 11.2. The summed E-state index contributed by atoms with van der Waals surface area (Å²) in [5.41, 5.74) is 2.08. The first kappa shape index (κ1) is 31.7. The van der Waals surface area contributed by atoms with E-state index >= 15 is 0 Å². The molecule has 1 aromatic carbocycles. The lowest BCUT2D eigenvalue weighted by Crippen LogP contribution is -2.38. The smallest absolute Gasteiger partial charge is 0.257 e. The maximum Gasteiger partial charge on any atom is 0.257 e. The van der Waals surface area contributed by atoms with E-state index in [2.05, 4.69) is 24.1 Å². The Kier molecular flexibility index (Phi) is 11.0. The predicted molar refractivity (Wildman–Crippen MR) is 166 cm³/mol. The summed E-state index contributed by atoms with van der Waals surface area (Å²) in [6.07, 6.45) is 7.38. The van der Waals surface area contributed by atoms with Crippen LogP contribution in [-0.2, 0) is 23.0 Å². The fourth-order valence-electron chi connectivity index (χ4n) is 5.56. The van der Waals surface area contributed by atoms with Crippen molar-refractivity contribution in [2.24, 2.45) is 0 Å². The van der Waals surface area contributed by atoms with Gasteiger partial charge in [0.25, 0.3) is 11.8 Å². The second kappa shape index (κ2) is 14.3. The molecule has 1 fully saturated rings. The number of hydrogen-bond acceptors (Lipinski definition) is 6. The molecule has 0 bridgehead atoms. The summed E-state index contributed by atoms with van der Waals surface area (Å²) in [5, 5.41) is 3.64. The second-order valence-corrected chi connectivity index (χ2v) is 14.5. The molecule has 0 spiro atoms. The highest BCUT2D eigenvalue weighted by Crippen LogP contribution is 2.39. The molecule has 1 N–H and O–H groups in total. The molecule has 226 valence electrons. The molecule has 8 nitrogen and oxygen atoms in total. The lowest BCUT2D eigenvalue weighted by atomic mass is 10.00. The molecule has 41 heavy (non-hydrogen) atoms. The van der Waals surface area contributed by atoms with Crippen LogP contribution in [0.25, 0.3) is 0 Å². The van der Waals surface area contributed by atoms with E-state index in [9.17, 15) is 18.0 Å². The zero-order valence-corrected chi connectivity index (χ0v) is 26.7. The minimum absolute atomic E-state index is 0.0104. The number of carbonyl (C=O) groups is 2. The molecule has 0 radical (unpaired) electrons. The van der Waals surface area contributed by atoms with E-state index in [0.717, 1.165) is 88.0 Å². The average molecular weight is 603 g/mol. The van der Waals surface area contributed by atoms with E-state index in [1.54, 1.807) is 16.4 Å². The van der Waals surface area contributed by atoms with E-state index in [0.29, 0.717) is 35.3 Å². The summed E-state index contributed by atoms with van der Waals surface area (Å²) >= 11 is 1.50. The normalized spacial score (nSPS) is 16.3. The fourth-order valence-corrected chi connectivity index (χ4v) is 8.33. The van der Waals surface area contributed by atoms with Crippen LogP contribution >= 0.6 is 11.3 Å². The molecule has 2 aliphatic heterocycles. The summed E-state index contributed by atoms with van der Waals surface area (Å²) in [5.74, 6) is -0.328. The Labute approximate surface area is 250 Å². The molecule has 2 aliphatic rings. The summed E-state index contributed by atoms with van der Waals surface area (Å²) in [7, 11) is -3.64. The molecule has 10 heteroatoms. The van der Waals surface area contributed by atoms with Gasteiger partial charge in [-0.2, -0.15) is 4.31 Å². The maximum absolute atomic E-state index is 13.8. The molecule has 2 amide bonds. The van der Waals surface area contributed by atoms with Crippen LogP contribution in [0.2, 0.25) is 0 Å². The molecule has 3 heterocycles. The van der Waals surface area contributed by atoms with Crippen molar-refractivity contribution in [3.63, 3.8) is 0 Å². The topological polar surface area (TPSA) is 90.0 Å². The summed E-state index contributed by atoms with van der Waals surface area (Å²) < 4.78 is 28.3. The van der Waals surface area contributed by atoms with Crippen molar-refractivity contribution < 1.29 is 18.0 Å². The van der Waals surface area contributed by atoms with E-state index in [1.165, 1.54) is 23.5 Å². The van der Waals surface area contributed by atoms with Gasteiger partial charge in [-0.3, -0.25) is 14.5 Å². The number of piperidine rings is 1. The third-order valence-electron chi connectivity index (χ3n) is 8.18. The van der Waals surface area contributed by atoms with Gasteiger partial charge in [0.2, 0.25) is 10.0 Å². The lowest BCUT2D eigenvalue weighted by molar-refractivity contribution is 0.0723. The number of likely N-dealkylation sites (tertiary alicyclic amines) is 1. The lowest BCUT2D eigenvalue weighted by Gasteiger charge is -2.31. The minimum atomic E-state index is -3.64. The predicted octanol–water partition coefficient (Wildman–Crippen LogP) is 5.98. The van der Waals surface area contributed by atoms with Crippen LogP contribution in [-0.4, -0.2) is 73.1 Å². The van der Waals surface area contributed by atoms with Gasteiger partial charge in [-0.1, -0.05) is 26.7 Å². The van der Waals surface area contributed by atoms with E-state index in [1.807, 2.05) is 18.7 Å². The van der Waals surface area contributed by atoms with Gasteiger partial charge in [-0.05, 0) is 82.2 Å². The van der Waals surface area contributed by atoms with Crippen molar-refractivity contribution in [3.8, 4) is 0 Å². The summed E-state index contributed by atoms with van der Waals surface area (Å²) in [6.45, 7) is 12.6. The number of fused-ring (bicyclic) bond motifs is 1. The number of thiophene rings is 1. The van der Waals surface area contributed by atoms with Crippen LogP contribution in [0, 0.1) is 0 Å². The van der Waals surface area contributed by atoms with Crippen molar-refractivity contribution in [3.05, 3.63) is 45.8 Å². The van der Waals surface area contributed by atoms with Gasteiger partial charge in [-0.15, -0.1) is 11.3 Å².